The van der Waals surface area contributed by atoms with Crippen molar-refractivity contribution in [3.8, 4) is 0 Å². The number of anilines is 2. The molecule has 0 aromatic heterocycles. The third-order valence-electron chi connectivity index (χ3n) is 4.45. The van der Waals surface area contributed by atoms with Crippen LogP contribution in [0.4, 0.5) is 11.4 Å². The van der Waals surface area contributed by atoms with Gasteiger partial charge in [-0.1, -0.05) is 35.9 Å². The van der Waals surface area contributed by atoms with Crippen LogP contribution in [0, 0.1) is 0 Å². The van der Waals surface area contributed by atoms with E-state index in [4.69, 9.17) is 11.6 Å². The lowest BCUT2D eigenvalue weighted by atomic mass is 10.1. The average Bonchev–Trinajstić information content (AvgIpc) is 2.63. The van der Waals surface area contributed by atoms with Gasteiger partial charge in [-0.25, -0.2) is 0 Å². The van der Waals surface area contributed by atoms with Gasteiger partial charge in [0.1, 0.15) is 0 Å². The van der Waals surface area contributed by atoms with E-state index in [2.05, 4.69) is 35.3 Å². The fraction of sp³-hybridized carbons (Fsp3) is 0.316. The Bertz CT molecular complexity index is 681. The molecule has 1 heterocycles. The van der Waals surface area contributed by atoms with Crippen molar-refractivity contribution in [2.75, 3.05) is 36.4 Å². The summed E-state index contributed by atoms with van der Waals surface area (Å²) in [5.74, 6) is 0. The molecule has 0 spiro atoms. The molecule has 1 aliphatic heterocycles. The van der Waals surface area contributed by atoms with E-state index in [9.17, 15) is 4.79 Å². The van der Waals surface area contributed by atoms with Crippen molar-refractivity contribution in [2.45, 2.75) is 13.0 Å². The largest absolute Gasteiger partial charge is 0.377 e. The lowest BCUT2D eigenvalue weighted by Crippen LogP contribution is -2.45. The number of hydrogen-bond donors (Lipinski definition) is 1. The maximum atomic E-state index is 10.9. The molecule has 3 rings (SSSR count). The number of rotatable bonds is 5. The first kappa shape index (κ1) is 16.7. The second kappa shape index (κ2) is 7.58. The molecule has 0 saturated carbocycles. The van der Waals surface area contributed by atoms with Gasteiger partial charge in [0, 0.05) is 37.2 Å². The van der Waals surface area contributed by atoms with Crippen LogP contribution in [0.2, 0.25) is 5.02 Å². The van der Waals surface area contributed by atoms with Crippen molar-refractivity contribution in [3.63, 3.8) is 0 Å². The molecule has 0 bridgehead atoms. The third-order valence-corrected chi connectivity index (χ3v) is 4.70. The lowest BCUT2D eigenvalue weighted by molar-refractivity contribution is -0.118. The minimum Gasteiger partial charge on any atom is -0.377 e. The average molecular weight is 344 g/mol. The molecule has 2 aromatic carbocycles. The predicted molar refractivity (Wildman–Crippen MR) is 99.8 cm³/mol. The molecule has 126 valence electrons. The smallest absolute Gasteiger partial charge is 0.209 e. The van der Waals surface area contributed by atoms with Crippen LogP contribution in [-0.2, 0) is 4.79 Å². The van der Waals surface area contributed by atoms with Gasteiger partial charge in [0.25, 0.3) is 0 Å². The van der Waals surface area contributed by atoms with Crippen molar-refractivity contribution in [3.05, 3.63) is 59.1 Å². The molecule has 1 unspecified atom stereocenters. The van der Waals surface area contributed by atoms with Gasteiger partial charge in [0.15, 0.2) is 0 Å². The number of carbonyl (C=O) groups excluding carboxylic acids is 1. The van der Waals surface area contributed by atoms with Crippen LogP contribution >= 0.6 is 11.6 Å². The number of piperazine rings is 1. The fourth-order valence-electron chi connectivity index (χ4n) is 3.01. The highest BCUT2D eigenvalue weighted by Gasteiger charge is 2.18. The van der Waals surface area contributed by atoms with E-state index in [1.807, 2.05) is 35.2 Å². The summed E-state index contributed by atoms with van der Waals surface area (Å²) in [6.07, 6.45) is 0.935. The molecule has 5 heteroatoms. The Morgan fingerprint density at radius 2 is 1.71 bits per heavy atom. The molecule has 0 radical (unpaired) electrons. The first-order chi connectivity index (χ1) is 11.7. The first-order valence-corrected chi connectivity index (χ1v) is 8.60. The maximum absolute atomic E-state index is 10.9. The maximum Gasteiger partial charge on any atom is 0.209 e. The van der Waals surface area contributed by atoms with Crippen LogP contribution in [0.25, 0.3) is 0 Å². The van der Waals surface area contributed by atoms with Crippen LogP contribution in [0.3, 0.4) is 0 Å². The van der Waals surface area contributed by atoms with Gasteiger partial charge in [0.05, 0.1) is 11.4 Å². The monoisotopic (exact) mass is 343 g/mol. The molecule has 2 aromatic rings. The highest BCUT2D eigenvalue weighted by Crippen LogP contribution is 2.30. The number of nitrogens with zero attached hydrogens (tertiary/aromatic N) is 2. The van der Waals surface area contributed by atoms with E-state index in [0.29, 0.717) is 0 Å². The summed E-state index contributed by atoms with van der Waals surface area (Å²) in [7, 11) is 0. The topological polar surface area (TPSA) is 35.6 Å². The highest BCUT2D eigenvalue weighted by molar-refractivity contribution is 6.30. The van der Waals surface area contributed by atoms with Gasteiger partial charge in [-0.3, -0.25) is 4.79 Å². The summed E-state index contributed by atoms with van der Waals surface area (Å²) in [5, 5.41) is 4.35. The Labute approximate surface area is 148 Å². The first-order valence-electron chi connectivity index (χ1n) is 8.22. The molecule has 1 atom stereocenters. The number of hydrogen-bond acceptors (Lipinski definition) is 3. The van der Waals surface area contributed by atoms with Gasteiger partial charge in [-0.15, -0.1) is 0 Å². The van der Waals surface area contributed by atoms with Crippen molar-refractivity contribution < 1.29 is 4.79 Å². The minimum atomic E-state index is 0.180. The molecule has 1 fully saturated rings. The summed E-state index contributed by atoms with van der Waals surface area (Å²) in [5.41, 5.74) is 3.49. The molecule has 4 nitrogen and oxygen atoms in total. The minimum absolute atomic E-state index is 0.180. The van der Waals surface area contributed by atoms with Gasteiger partial charge >= 0.3 is 0 Å². The van der Waals surface area contributed by atoms with Crippen LogP contribution in [0.15, 0.2) is 48.5 Å². The fourth-order valence-corrected chi connectivity index (χ4v) is 3.13. The predicted octanol–water partition coefficient (Wildman–Crippen LogP) is 3.79. The van der Waals surface area contributed by atoms with E-state index in [1.165, 1.54) is 11.3 Å². The second-order valence-electron chi connectivity index (χ2n) is 6.06. The highest BCUT2D eigenvalue weighted by atomic mass is 35.5. The van der Waals surface area contributed by atoms with Crippen molar-refractivity contribution in [1.29, 1.82) is 0 Å². The Morgan fingerprint density at radius 1 is 1.04 bits per heavy atom. The molecular weight excluding hydrogens is 322 g/mol. The number of para-hydroxylation sites is 2. The molecule has 1 aliphatic rings. The van der Waals surface area contributed by atoms with Crippen LogP contribution < -0.4 is 10.2 Å². The number of benzene rings is 2. The van der Waals surface area contributed by atoms with Crippen LogP contribution in [0.1, 0.15) is 18.5 Å². The van der Waals surface area contributed by atoms with Crippen LogP contribution in [-0.4, -0.2) is 37.5 Å². The Kier molecular flexibility index (Phi) is 5.26. The van der Waals surface area contributed by atoms with E-state index < -0.39 is 0 Å². The normalized spacial score (nSPS) is 15.9. The van der Waals surface area contributed by atoms with Crippen molar-refractivity contribution in [2.24, 2.45) is 0 Å². The number of nitrogens with one attached hydrogen (secondary N) is 1. The number of halogens is 1. The van der Waals surface area contributed by atoms with Crippen LogP contribution in [0.5, 0.6) is 0 Å². The summed E-state index contributed by atoms with van der Waals surface area (Å²) < 4.78 is 0. The summed E-state index contributed by atoms with van der Waals surface area (Å²) in [6.45, 7) is 5.39. The summed E-state index contributed by atoms with van der Waals surface area (Å²) in [6, 6.07) is 16.4. The van der Waals surface area contributed by atoms with E-state index in [0.717, 1.165) is 43.3 Å². The Hall–Kier alpha value is -2.20. The molecular formula is C19H22ClN3O. The standard InChI is InChI=1S/C19H22ClN3O/c1-15(16-6-8-17(20)9-7-16)21-18-4-2-3-5-19(18)23-12-10-22(14-24)11-13-23/h2-9,14-15,21H,10-13H2,1H3. The lowest BCUT2D eigenvalue weighted by Gasteiger charge is -2.35. The van der Waals surface area contributed by atoms with Gasteiger partial charge < -0.3 is 15.1 Å². The zero-order valence-corrected chi connectivity index (χ0v) is 14.5. The number of carbonyl (C=O) groups is 1. The molecule has 1 amide bonds. The van der Waals surface area contributed by atoms with Gasteiger partial charge in [0.2, 0.25) is 6.41 Å². The van der Waals surface area contributed by atoms with Crippen molar-refractivity contribution in [1.82, 2.24) is 4.90 Å². The zero-order valence-electron chi connectivity index (χ0n) is 13.8. The third kappa shape index (κ3) is 3.82. The molecule has 1 N–H and O–H groups in total. The van der Waals surface area contributed by atoms with E-state index in [1.54, 1.807) is 0 Å². The van der Waals surface area contributed by atoms with Crippen molar-refractivity contribution >= 4 is 29.4 Å². The summed E-state index contributed by atoms with van der Waals surface area (Å²) >= 11 is 5.97. The SMILES string of the molecule is CC(Nc1ccccc1N1CCN(C=O)CC1)c1ccc(Cl)cc1. The van der Waals surface area contributed by atoms with Gasteiger partial charge in [-0.05, 0) is 36.8 Å². The quantitative estimate of drug-likeness (QED) is 0.839. The van der Waals surface area contributed by atoms with E-state index >= 15 is 0 Å². The molecule has 1 saturated heterocycles. The van der Waals surface area contributed by atoms with Gasteiger partial charge in [-0.2, -0.15) is 0 Å². The summed E-state index contributed by atoms with van der Waals surface area (Å²) in [4.78, 5) is 15.0. The second-order valence-corrected chi connectivity index (χ2v) is 6.50. The Balaban J connectivity index is 1.74. The number of amides is 1. The molecule has 0 aliphatic carbocycles. The van der Waals surface area contributed by atoms with E-state index in [-0.39, 0.29) is 6.04 Å². The Morgan fingerprint density at radius 3 is 2.38 bits per heavy atom. The molecule has 24 heavy (non-hydrogen) atoms. The zero-order chi connectivity index (χ0) is 16.9.